The summed E-state index contributed by atoms with van der Waals surface area (Å²) >= 11 is 14.7. The molecule has 294 valence electrons. The average Bonchev–Trinajstić information content (AvgIpc) is 3.68. The van der Waals surface area contributed by atoms with E-state index in [1.807, 2.05) is 6.07 Å². The van der Waals surface area contributed by atoms with Crippen molar-refractivity contribution in [2.75, 3.05) is 11.5 Å². The molecule has 0 radical (unpaired) electrons. The summed E-state index contributed by atoms with van der Waals surface area (Å²) in [6.07, 6.45) is 4.81. The quantitative estimate of drug-likeness (QED) is 0.0323. The van der Waals surface area contributed by atoms with Gasteiger partial charge < -0.3 is 41.0 Å². The Bertz CT molecular complexity index is 2340. The fourth-order valence-corrected chi connectivity index (χ4v) is 8.42. The van der Waals surface area contributed by atoms with Gasteiger partial charge in [-0.05, 0) is 32.0 Å². The van der Waals surface area contributed by atoms with E-state index in [1.165, 1.54) is 31.7 Å². The maximum atomic E-state index is 15.0. The van der Waals surface area contributed by atoms with Crippen molar-refractivity contribution in [3.05, 3.63) is 86.1 Å². The minimum absolute atomic E-state index is 0.00557. The smallest absolute Gasteiger partial charge is 0.350 e. The minimum atomic E-state index is -1.83. The molecule has 17 nitrogen and oxygen atoms in total. The van der Waals surface area contributed by atoms with Gasteiger partial charge in [0.25, 0.3) is 6.47 Å². The number of thioether (sulfide) groups is 1. The number of carboxylic acids is 2. The van der Waals surface area contributed by atoms with Crippen molar-refractivity contribution in [1.29, 1.82) is 5.41 Å². The number of nitrogens with two attached hydrogens (primary N) is 2. The molecule has 0 saturated carbocycles. The number of nitrogens with zero attached hydrogens (tertiary/aromatic N) is 5. The lowest BCUT2D eigenvalue weighted by atomic mass is 9.89. The number of pyridine rings is 1. The second-order valence-corrected chi connectivity index (χ2v) is 15.9. The molecule has 0 bridgehead atoms. The molecule has 22 heteroatoms. The van der Waals surface area contributed by atoms with Crippen LogP contribution >= 0.6 is 46.3 Å². The van der Waals surface area contributed by atoms with Gasteiger partial charge in [-0.3, -0.25) is 24.7 Å². The second-order valence-electron chi connectivity index (χ2n) is 12.7. The summed E-state index contributed by atoms with van der Waals surface area (Å²) in [6.45, 7) is 2.31. The third kappa shape index (κ3) is 8.47. The van der Waals surface area contributed by atoms with E-state index in [1.54, 1.807) is 33.8 Å². The summed E-state index contributed by atoms with van der Waals surface area (Å²) in [5.41, 5.74) is 9.96. The number of benzene rings is 1. The van der Waals surface area contributed by atoms with Crippen LogP contribution in [0.2, 0.25) is 9.36 Å². The van der Waals surface area contributed by atoms with Gasteiger partial charge in [-0.2, -0.15) is 4.57 Å². The summed E-state index contributed by atoms with van der Waals surface area (Å²) in [4.78, 5) is 69.8. The number of β-lactam (4-membered cyclic amide) rings is 1. The van der Waals surface area contributed by atoms with E-state index in [4.69, 9.17) is 54.8 Å². The Morgan fingerprint density at radius 3 is 2.57 bits per heavy atom. The molecule has 56 heavy (non-hydrogen) atoms. The summed E-state index contributed by atoms with van der Waals surface area (Å²) < 4.78 is 18.5. The summed E-state index contributed by atoms with van der Waals surface area (Å²) in [5, 5.41) is 40.4. The summed E-state index contributed by atoms with van der Waals surface area (Å²) in [6, 6.07) is 6.20. The highest BCUT2D eigenvalue weighted by atomic mass is 35.5. The number of Topliss-reactive ketones (excluding diaryl/α,β-unsaturated/α-hetero) is 1. The Labute approximate surface area is 334 Å². The maximum absolute atomic E-state index is 15.0. The number of rotatable bonds is 13. The first-order chi connectivity index (χ1) is 26.4. The van der Waals surface area contributed by atoms with Crippen molar-refractivity contribution >= 4 is 104 Å². The van der Waals surface area contributed by atoms with Gasteiger partial charge in [0, 0.05) is 51.5 Å². The van der Waals surface area contributed by atoms with Gasteiger partial charge in [0.1, 0.15) is 27.2 Å². The molecule has 0 spiro atoms. The van der Waals surface area contributed by atoms with Crippen molar-refractivity contribution in [3.63, 3.8) is 0 Å². The maximum Gasteiger partial charge on any atom is 0.350 e. The molecule has 0 aliphatic carbocycles. The van der Waals surface area contributed by atoms with E-state index in [0.717, 1.165) is 27.7 Å². The molecular formula is C34H31Cl2FN8O9S2. The molecule has 2 aliphatic heterocycles. The number of amidine groups is 1. The minimum Gasteiger partial charge on any atom is -0.543 e. The highest BCUT2D eigenvalue weighted by Crippen LogP contribution is 2.45. The van der Waals surface area contributed by atoms with Crippen molar-refractivity contribution < 1.29 is 53.1 Å². The largest absolute Gasteiger partial charge is 0.543 e. The van der Waals surface area contributed by atoms with Gasteiger partial charge in [0.05, 0.1) is 29.5 Å². The molecule has 5 heterocycles. The molecular weight excluding hydrogens is 818 g/mol. The first-order valence-corrected chi connectivity index (χ1v) is 18.7. The Morgan fingerprint density at radius 2 is 1.98 bits per heavy atom. The average molecular weight is 850 g/mol. The molecule has 0 unspecified atom stereocenters. The Balaban J connectivity index is 0.00000194. The predicted octanol–water partition coefficient (Wildman–Crippen LogP) is 2.23. The zero-order valence-electron chi connectivity index (χ0n) is 29.2. The van der Waals surface area contributed by atoms with Gasteiger partial charge in [0.2, 0.25) is 11.5 Å². The number of carbonyl (C=O) groups is 5. The number of aromatic nitrogens is 3. The lowest BCUT2D eigenvalue weighted by Gasteiger charge is -2.50. The normalized spacial score (nSPS) is 16.8. The number of carboxylic acid groups (broad SMARTS) is 3. The number of nitrogen functional groups attached to an aromatic ring is 2. The van der Waals surface area contributed by atoms with Gasteiger partial charge in [-0.15, -0.1) is 11.8 Å². The van der Waals surface area contributed by atoms with Crippen molar-refractivity contribution in [2.24, 2.45) is 16.8 Å². The number of anilines is 1. The zero-order chi connectivity index (χ0) is 41.2. The van der Waals surface area contributed by atoms with Crippen LogP contribution < -0.4 is 21.1 Å². The second kappa shape index (κ2) is 16.7. The van der Waals surface area contributed by atoms with E-state index in [2.05, 4.69) is 10.1 Å². The number of ketones is 1. The van der Waals surface area contributed by atoms with Crippen LogP contribution in [0, 0.1) is 17.1 Å². The first-order valence-electron chi connectivity index (χ1n) is 16.1. The van der Waals surface area contributed by atoms with Crippen molar-refractivity contribution in [2.45, 2.75) is 44.3 Å². The predicted molar refractivity (Wildman–Crippen MR) is 201 cm³/mol. The van der Waals surface area contributed by atoms with E-state index < -0.39 is 58.5 Å². The topological polar surface area (TPSA) is 271 Å². The zero-order valence-corrected chi connectivity index (χ0v) is 32.3. The van der Waals surface area contributed by atoms with Crippen LogP contribution in [0.4, 0.5) is 9.52 Å². The lowest BCUT2D eigenvalue weighted by molar-refractivity contribution is -0.687. The first kappa shape index (κ1) is 41.6. The van der Waals surface area contributed by atoms with Crippen LogP contribution in [0.25, 0.3) is 10.9 Å². The van der Waals surface area contributed by atoms with Crippen LogP contribution in [-0.2, 0) is 41.9 Å². The van der Waals surface area contributed by atoms with Gasteiger partial charge in [-0.1, -0.05) is 39.7 Å². The molecule has 7 N–H and O–H groups in total. The van der Waals surface area contributed by atoms with Crippen LogP contribution in [0.5, 0.6) is 0 Å². The number of hydrogen-bond donors (Lipinski definition) is 5. The molecule has 6 rings (SSSR count). The Hall–Kier alpha value is -5.57. The van der Waals surface area contributed by atoms with Crippen LogP contribution in [0.1, 0.15) is 37.1 Å². The van der Waals surface area contributed by atoms with E-state index in [-0.39, 0.29) is 68.2 Å². The van der Waals surface area contributed by atoms with Crippen LogP contribution in [0.15, 0.2) is 59.3 Å². The molecule has 2 atom stereocenters. The lowest BCUT2D eigenvalue weighted by Crippen LogP contribution is -2.63. The SMILES string of the molecule is CC(C)(O/N=C(\C(=O)C[C@@H]1C(=O)N2C(C(=O)[O-])=C(C[n+]3ccc4ccn(Cc5c(F)cc(C(=N)N)cc5Cl)c4c3)CS[C@H]12)c1nc(N)sc1Cl)C(=O)O.O=CO. The molecule has 1 fully saturated rings. The van der Waals surface area contributed by atoms with E-state index in [0.29, 0.717) is 11.1 Å². The third-order valence-corrected chi connectivity index (χ3v) is 11.5. The molecule has 1 aromatic carbocycles. The third-order valence-electron chi connectivity index (χ3n) is 8.65. The molecule has 2 aliphatic rings. The van der Waals surface area contributed by atoms with Crippen molar-refractivity contribution in [1.82, 2.24) is 14.5 Å². The molecule has 1 amide bonds. The molecule has 3 aromatic heterocycles. The molecule has 1 saturated heterocycles. The molecule has 4 aromatic rings. The number of carbonyl (C=O) groups excluding carboxylic acids is 3. The number of thiazole rings is 1. The summed E-state index contributed by atoms with van der Waals surface area (Å²) in [7, 11) is 0. The number of aliphatic carboxylic acids is 2. The summed E-state index contributed by atoms with van der Waals surface area (Å²) in [5.74, 6) is -6.02. The fraction of sp³-hybridized carbons (Fsp3) is 0.265. The number of oxime groups is 1. The number of halogens is 3. The number of fused-ring (bicyclic) bond motifs is 2. The monoisotopic (exact) mass is 848 g/mol. The van der Waals surface area contributed by atoms with Gasteiger partial charge >= 0.3 is 5.97 Å². The van der Waals surface area contributed by atoms with Crippen molar-refractivity contribution in [3.8, 4) is 0 Å². The standard InChI is InChI=1S/C33H29Cl2FN8O7S2.CH2O2/c1-33(2,31(49)50)51-41-23(24-26(35)53-32(39)40-24)22(45)9-17-28(46)44-25(30(47)48)16(13-52-29(17)44)10-42-5-3-14-4-6-43(21(14)12-42)11-18-19(34)7-15(27(37)38)8-20(18)36;2-1-3/h3-8,12,17,29H,9-11,13H2,1-2H3,(H6-,37,38,39,40,47,48,49,50);1H,(H,2,3)/b41-23+;/t17-,29-;/m1./s1. The van der Waals surface area contributed by atoms with Gasteiger partial charge in [-0.25, -0.2) is 14.2 Å². The Morgan fingerprint density at radius 1 is 1.29 bits per heavy atom. The van der Waals surface area contributed by atoms with E-state index in [9.17, 15) is 33.8 Å². The highest BCUT2D eigenvalue weighted by molar-refractivity contribution is 8.00. The Kier molecular flexibility index (Phi) is 12.4. The number of amides is 1. The number of hydrogen-bond acceptors (Lipinski definition) is 13. The van der Waals surface area contributed by atoms with Crippen LogP contribution in [-0.4, -0.2) is 83.0 Å². The highest BCUT2D eigenvalue weighted by Gasteiger charge is 2.53. The fourth-order valence-electron chi connectivity index (χ4n) is 5.82. The number of nitrogens with one attached hydrogen (secondary N) is 1. The van der Waals surface area contributed by atoms with Gasteiger partial charge in [0.15, 0.2) is 35.6 Å². The van der Waals surface area contributed by atoms with Crippen LogP contribution in [0.3, 0.4) is 0 Å². The van der Waals surface area contributed by atoms with E-state index >= 15 is 0 Å².